The molecule has 0 fully saturated rings. The summed E-state index contributed by atoms with van der Waals surface area (Å²) in [6.07, 6.45) is -0.333. The van der Waals surface area contributed by atoms with Crippen molar-refractivity contribution in [3.8, 4) is 22.4 Å². The maximum Gasteiger partial charge on any atom is 0.335 e. The number of halogens is 4. The minimum atomic E-state index is -4.48. The molecule has 0 saturated carbocycles. The van der Waals surface area contributed by atoms with Gasteiger partial charge in [0.1, 0.15) is 5.82 Å². The number of allylic oxidation sites excluding steroid dienone is 2. The van der Waals surface area contributed by atoms with Gasteiger partial charge in [-0.15, -0.1) is 0 Å². The van der Waals surface area contributed by atoms with Crippen LogP contribution >= 0.6 is 11.6 Å². The zero-order chi connectivity index (χ0) is 32.7. The minimum absolute atomic E-state index is 0.00536. The van der Waals surface area contributed by atoms with Crippen LogP contribution in [0.5, 0.6) is 0 Å². The van der Waals surface area contributed by atoms with Crippen molar-refractivity contribution in [3.63, 3.8) is 0 Å². The van der Waals surface area contributed by atoms with Crippen LogP contribution < -0.4 is 0 Å². The van der Waals surface area contributed by atoms with E-state index >= 15 is 0 Å². The molecule has 1 N–H and O–H groups in total. The van der Waals surface area contributed by atoms with Crippen molar-refractivity contribution >= 4 is 44.1 Å². The van der Waals surface area contributed by atoms with Crippen LogP contribution in [0.25, 0.3) is 43.7 Å². The number of aromatic carboxylic acids is 1. The Morgan fingerprint density at radius 2 is 1.65 bits per heavy atom. The van der Waals surface area contributed by atoms with Gasteiger partial charge in [-0.25, -0.2) is 35.2 Å². The fraction of sp³-hybridized carbons (Fsp3) is 0.143. The first-order valence-electron chi connectivity index (χ1n) is 14.2. The first kappa shape index (κ1) is 31.1. The van der Waals surface area contributed by atoms with E-state index in [4.69, 9.17) is 18.2 Å². The summed E-state index contributed by atoms with van der Waals surface area (Å²) < 4.78 is 71.7. The van der Waals surface area contributed by atoms with E-state index in [-0.39, 0.29) is 37.6 Å². The molecule has 0 unspecified atom stereocenters. The van der Waals surface area contributed by atoms with Gasteiger partial charge in [0.15, 0.2) is 5.70 Å². The minimum Gasteiger partial charge on any atom is -0.478 e. The number of rotatable bonds is 7. The van der Waals surface area contributed by atoms with Gasteiger partial charge < -0.3 is 5.11 Å². The largest absolute Gasteiger partial charge is 0.478 e. The molecular formula is C35H24ClF3N2O4S. The van der Waals surface area contributed by atoms with Crippen molar-refractivity contribution < 1.29 is 31.5 Å². The molecule has 0 saturated heterocycles. The summed E-state index contributed by atoms with van der Waals surface area (Å²) in [7, 11) is -4.48. The van der Waals surface area contributed by atoms with Crippen molar-refractivity contribution in [2.24, 2.45) is 0 Å². The molecule has 1 aromatic heterocycles. The molecule has 1 heterocycles. The number of fused-ring (bicyclic) bond motifs is 1. The lowest BCUT2D eigenvalue weighted by Gasteiger charge is -2.19. The first-order chi connectivity index (χ1) is 22.0. The van der Waals surface area contributed by atoms with E-state index in [1.54, 1.807) is 30.3 Å². The molecule has 4 aromatic carbocycles. The van der Waals surface area contributed by atoms with Crippen molar-refractivity contribution in [3.05, 3.63) is 130 Å². The lowest BCUT2D eigenvalue weighted by molar-refractivity contribution is 0.0697. The Morgan fingerprint density at radius 3 is 2.33 bits per heavy atom. The number of alkyl halides is 2. The molecule has 1 aliphatic rings. The predicted molar refractivity (Wildman–Crippen MR) is 171 cm³/mol. The van der Waals surface area contributed by atoms with Crippen LogP contribution in [0.4, 0.5) is 13.2 Å². The number of hydrogen-bond acceptors (Lipinski definition) is 3. The number of carbonyl (C=O) groups is 1. The van der Waals surface area contributed by atoms with Gasteiger partial charge in [-0.05, 0) is 72.5 Å². The molecule has 5 aromatic rings. The third kappa shape index (κ3) is 5.46. The molecular weight excluding hydrogens is 637 g/mol. The molecule has 0 spiro atoms. The SMILES string of the molecule is [C-]#[N+]C1=C(c2c(-c3cccc(-c4ccc(C(=O)O)cc4Cl)c3)n(S(=O)(=O)c3ccc(C(F)F)cc3)c3ccc(F)cc23)CCCC1. The van der Waals surface area contributed by atoms with Gasteiger partial charge in [0, 0.05) is 32.7 Å². The molecule has 6 nitrogen and oxygen atoms in total. The highest BCUT2D eigenvalue weighted by atomic mass is 35.5. The van der Waals surface area contributed by atoms with E-state index in [0.717, 1.165) is 47.1 Å². The first-order valence-corrected chi connectivity index (χ1v) is 16.0. The summed E-state index contributed by atoms with van der Waals surface area (Å²) in [6.45, 7) is 7.89. The molecule has 1 aliphatic carbocycles. The van der Waals surface area contributed by atoms with E-state index in [9.17, 15) is 31.5 Å². The summed E-state index contributed by atoms with van der Waals surface area (Å²) in [4.78, 5) is 15.0. The van der Waals surface area contributed by atoms with E-state index in [0.29, 0.717) is 46.4 Å². The van der Waals surface area contributed by atoms with Crippen molar-refractivity contribution in [2.45, 2.75) is 37.0 Å². The second-order valence-electron chi connectivity index (χ2n) is 10.8. The topological polar surface area (TPSA) is 80.7 Å². The summed E-state index contributed by atoms with van der Waals surface area (Å²) in [5.74, 6) is -1.75. The molecule has 0 amide bonds. The molecule has 232 valence electrons. The highest BCUT2D eigenvalue weighted by molar-refractivity contribution is 7.90. The Labute approximate surface area is 267 Å². The Balaban J connectivity index is 1.70. The van der Waals surface area contributed by atoms with Crippen LogP contribution in [0.3, 0.4) is 0 Å². The average Bonchev–Trinajstić information content (AvgIpc) is 3.39. The normalized spacial score (nSPS) is 13.7. The monoisotopic (exact) mass is 660 g/mol. The van der Waals surface area contributed by atoms with Crippen LogP contribution in [-0.2, 0) is 10.0 Å². The molecule has 0 aliphatic heterocycles. The predicted octanol–water partition coefficient (Wildman–Crippen LogP) is 9.84. The lowest BCUT2D eigenvalue weighted by Crippen LogP contribution is -2.15. The molecule has 0 atom stereocenters. The van der Waals surface area contributed by atoms with E-state index in [2.05, 4.69) is 4.85 Å². The summed E-state index contributed by atoms with van der Waals surface area (Å²) >= 11 is 6.50. The van der Waals surface area contributed by atoms with Gasteiger partial charge in [-0.3, -0.25) is 0 Å². The molecule has 0 bridgehead atoms. The third-order valence-electron chi connectivity index (χ3n) is 8.10. The van der Waals surface area contributed by atoms with Crippen molar-refractivity contribution in [1.29, 1.82) is 0 Å². The second-order valence-corrected chi connectivity index (χ2v) is 13.0. The summed E-state index contributed by atoms with van der Waals surface area (Å²) in [5, 5.41) is 9.83. The van der Waals surface area contributed by atoms with Crippen LogP contribution in [0.2, 0.25) is 5.02 Å². The number of nitrogens with zero attached hydrogens (tertiary/aromatic N) is 2. The highest BCUT2D eigenvalue weighted by Crippen LogP contribution is 2.46. The Morgan fingerprint density at radius 1 is 0.935 bits per heavy atom. The van der Waals surface area contributed by atoms with Gasteiger partial charge in [0.25, 0.3) is 16.4 Å². The number of hydrogen-bond donors (Lipinski definition) is 1. The third-order valence-corrected chi connectivity index (χ3v) is 10.1. The van der Waals surface area contributed by atoms with Crippen LogP contribution in [0.15, 0.2) is 95.5 Å². The molecule has 11 heteroatoms. The van der Waals surface area contributed by atoms with Crippen LogP contribution in [0.1, 0.15) is 53.6 Å². The van der Waals surface area contributed by atoms with Crippen molar-refractivity contribution in [2.75, 3.05) is 0 Å². The van der Waals surface area contributed by atoms with Crippen LogP contribution in [0, 0.1) is 12.4 Å². The lowest BCUT2D eigenvalue weighted by atomic mass is 9.88. The molecule has 46 heavy (non-hydrogen) atoms. The maximum atomic E-state index is 14.9. The fourth-order valence-corrected chi connectivity index (χ4v) is 7.78. The van der Waals surface area contributed by atoms with Gasteiger partial charge in [-0.2, -0.15) is 0 Å². The Hall–Kier alpha value is -4.85. The average molecular weight is 661 g/mol. The Kier molecular flexibility index (Phi) is 8.23. The van der Waals surface area contributed by atoms with E-state index in [1.807, 2.05) is 0 Å². The number of aromatic nitrogens is 1. The molecule has 6 rings (SSSR count). The number of carboxylic acids is 1. The fourth-order valence-electron chi connectivity index (χ4n) is 5.94. The summed E-state index contributed by atoms with van der Waals surface area (Å²) in [5.41, 5.74) is 2.90. The van der Waals surface area contributed by atoms with Gasteiger partial charge >= 0.3 is 5.97 Å². The quantitative estimate of drug-likeness (QED) is 0.176. The standard InChI is InChI=1S/C35H24ClF3N2O4S/c1-40-30-8-3-2-7-27(30)32-28-19-24(37)12-16-31(28)41(46(44,45)25-13-9-20(10-14-25)34(38)39)33(32)22-6-4-5-21(17-22)26-15-11-23(35(42)43)18-29(26)36/h4-6,9-19,34H,2-3,7-8H2,(H,42,43). The van der Waals surface area contributed by atoms with E-state index in [1.165, 1.54) is 24.3 Å². The molecule has 0 radical (unpaired) electrons. The zero-order valence-electron chi connectivity index (χ0n) is 24.0. The van der Waals surface area contributed by atoms with Gasteiger partial charge in [0.2, 0.25) is 0 Å². The van der Waals surface area contributed by atoms with Crippen LogP contribution in [-0.4, -0.2) is 23.5 Å². The van der Waals surface area contributed by atoms with Crippen molar-refractivity contribution in [1.82, 2.24) is 3.97 Å². The summed E-state index contributed by atoms with van der Waals surface area (Å²) in [6, 6.07) is 19.2. The van der Waals surface area contributed by atoms with Gasteiger partial charge in [0.05, 0.1) is 28.2 Å². The van der Waals surface area contributed by atoms with Gasteiger partial charge in [-0.1, -0.05) is 60.8 Å². The second kappa shape index (κ2) is 12.2. The maximum absolute atomic E-state index is 14.9. The zero-order valence-corrected chi connectivity index (χ0v) is 25.5. The smallest absolute Gasteiger partial charge is 0.335 e. The number of benzene rings is 4. The van der Waals surface area contributed by atoms with E-state index < -0.39 is 28.2 Å². The highest BCUT2D eigenvalue weighted by Gasteiger charge is 2.31. The Bertz CT molecular complexity index is 2220. The number of carboxylic acid groups (broad SMARTS) is 1.